The summed E-state index contributed by atoms with van der Waals surface area (Å²) in [7, 11) is 0. The molecule has 1 amide bonds. The molecule has 1 aliphatic heterocycles. The van der Waals surface area contributed by atoms with Crippen molar-refractivity contribution in [3.05, 3.63) is 87.3 Å². The van der Waals surface area contributed by atoms with Crippen molar-refractivity contribution in [3.63, 3.8) is 0 Å². The number of hydrogen-bond acceptors (Lipinski definition) is 6. The van der Waals surface area contributed by atoms with Crippen molar-refractivity contribution in [2.24, 2.45) is 0 Å². The smallest absolute Gasteiger partial charge is 0.269 e. The number of ether oxygens (including phenoxy) is 1. The van der Waals surface area contributed by atoms with Crippen LogP contribution in [0.2, 0.25) is 0 Å². The summed E-state index contributed by atoms with van der Waals surface area (Å²) >= 11 is 6.50. The highest BCUT2D eigenvalue weighted by Gasteiger charge is 2.31. The van der Waals surface area contributed by atoms with E-state index < -0.39 is 4.92 Å². The second kappa shape index (κ2) is 8.81. The van der Waals surface area contributed by atoms with Crippen LogP contribution in [-0.2, 0) is 11.4 Å². The van der Waals surface area contributed by atoms with Gasteiger partial charge in [-0.25, -0.2) is 0 Å². The lowest BCUT2D eigenvalue weighted by Crippen LogP contribution is -2.27. The third-order valence-electron chi connectivity index (χ3n) is 3.93. The van der Waals surface area contributed by atoms with Gasteiger partial charge in [0.05, 0.1) is 9.83 Å². The quantitative estimate of drug-likeness (QED) is 0.218. The van der Waals surface area contributed by atoms with Gasteiger partial charge >= 0.3 is 0 Å². The molecule has 8 heteroatoms. The van der Waals surface area contributed by atoms with Crippen LogP contribution in [0, 0.1) is 10.1 Å². The van der Waals surface area contributed by atoms with Gasteiger partial charge in [-0.2, -0.15) is 0 Å². The summed E-state index contributed by atoms with van der Waals surface area (Å²) in [4.78, 5) is 24.8. The third-order valence-corrected chi connectivity index (χ3v) is 5.31. The highest BCUT2D eigenvalue weighted by atomic mass is 32.2. The second-order valence-electron chi connectivity index (χ2n) is 5.83. The molecular weight excluding hydrogens is 396 g/mol. The number of carbonyl (C=O) groups excluding carboxylic acids is 1. The maximum atomic E-state index is 12.5. The summed E-state index contributed by atoms with van der Waals surface area (Å²) in [6.07, 6.45) is 3.39. The van der Waals surface area contributed by atoms with Crippen molar-refractivity contribution >= 4 is 46.0 Å². The lowest BCUT2D eigenvalue weighted by Gasteiger charge is -2.11. The molecule has 0 saturated carbocycles. The number of rotatable bonds is 7. The Kier molecular flexibility index (Phi) is 6.23. The standard InChI is InChI=1S/C20H16N2O4S2/c1-2-11-21-19(23)18(28-20(21)27)12-15-5-3-4-6-17(15)26-13-14-7-9-16(10-8-14)22(24)25/h2-10,12H,1,11,13H2/b18-12-. The number of para-hydroxylation sites is 1. The van der Waals surface area contributed by atoms with Crippen LogP contribution in [0.25, 0.3) is 6.08 Å². The van der Waals surface area contributed by atoms with Gasteiger partial charge in [0, 0.05) is 24.2 Å². The Morgan fingerprint density at radius 1 is 1.21 bits per heavy atom. The third kappa shape index (κ3) is 4.47. The van der Waals surface area contributed by atoms with Crippen LogP contribution in [0.15, 0.2) is 66.1 Å². The fraction of sp³-hybridized carbons (Fsp3) is 0.100. The predicted molar refractivity (Wildman–Crippen MR) is 114 cm³/mol. The highest BCUT2D eigenvalue weighted by Crippen LogP contribution is 2.34. The van der Waals surface area contributed by atoms with Gasteiger partial charge in [-0.05, 0) is 29.8 Å². The number of nitro groups is 1. The molecule has 0 unspecified atom stereocenters. The topological polar surface area (TPSA) is 72.7 Å². The van der Waals surface area contributed by atoms with E-state index in [2.05, 4.69) is 6.58 Å². The lowest BCUT2D eigenvalue weighted by atomic mass is 10.1. The molecular formula is C20H16N2O4S2. The molecule has 1 saturated heterocycles. The summed E-state index contributed by atoms with van der Waals surface area (Å²) < 4.78 is 6.37. The Bertz CT molecular complexity index is 970. The van der Waals surface area contributed by atoms with Crippen molar-refractivity contribution in [1.82, 2.24) is 4.90 Å². The zero-order valence-corrected chi connectivity index (χ0v) is 16.4. The van der Waals surface area contributed by atoms with Crippen LogP contribution >= 0.6 is 24.0 Å². The fourth-order valence-electron chi connectivity index (χ4n) is 2.53. The fourth-order valence-corrected chi connectivity index (χ4v) is 3.80. The van der Waals surface area contributed by atoms with E-state index in [1.165, 1.54) is 28.8 Å². The first-order chi connectivity index (χ1) is 13.5. The average Bonchev–Trinajstić information content (AvgIpc) is 2.95. The molecule has 142 valence electrons. The Morgan fingerprint density at radius 2 is 1.93 bits per heavy atom. The molecule has 1 aliphatic rings. The number of thioether (sulfide) groups is 1. The molecule has 0 atom stereocenters. The monoisotopic (exact) mass is 412 g/mol. The molecule has 0 spiro atoms. The first-order valence-electron chi connectivity index (χ1n) is 8.31. The summed E-state index contributed by atoms with van der Waals surface area (Å²) in [5.74, 6) is 0.454. The van der Waals surface area contributed by atoms with Crippen LogP contribution in [0.5, 0.6) is 5.75 Å². The number of thiocarbonyl (C=S) groups is 1. The Balaban J connectivity index is 1.76. The van der Waals surface area contributed by atoms with Gasteiger partial charge in [-0.1, -0.05) is 48.3 Å². The molecule has 3 rings (SSSR count). The van der Waals surface area contributed by atoms with E-state index >= 15 is 0 Å². The number of nitrogens with zero attached hydrogens (tertiary/aromatic N) is 2. The zero-order chi connectivity index (χ0) is 20.1. The van der Waals surface area contributed by atoms with Crippen LogP contribution in [0.1, 0.15) is 11.1 Å². The van der Waals surface area contributed by atoms with Gasteiger partial charge in [0.25, 0.3) is 11.6 Å². The average molecular weight is 412 g/mol. The largest absolute Gasteiger partial charge is 0.488 e. The molecule has 1 heterocycles. The molecule has 2 aromatic rings. The highest BCUT2D eigenvalue weighted by molar-refractivity contribution is 8.26. The zero-order valence-electron chi connectivity index (χ0n) is 14.7. The van der Waals surface area contributed by atoms with Gasteiger partial charge in [-0.3, -0.25) is 19.8 Å². The van der Waals surface area contributed by atoms with Crippen LogP contribution in [0.3, 0.4) is 0 Å². The predicted octanol–water partition coefficient (Wildman–Crippen LogP) is 4.56. The number of nitro benzene ring substituents is 1. The number of benzene rings is 2. The van der Waals surface area contributed by atoms with Gasteiger partial charge < -0.3 is 4.74 Å². The summed E-state index contributed by atoms with van der Waals surface area (Å²) in [6, 6.07) is 13.5. The first-order valence-corrected chi connectivity index (χ1v) is 9.53. The van der Waals surface area contributed by atoms with E-state index in [9.17, 15) is 14.9 Å². The minimum absolute atomic E-state index is 0.0331. The molecule has 6 nitrogen and oxygen atoms in total. The Morgan fingerprint density at radius 3 is 2.61 bits per heavy atom. The van der Waals surface area contributed by atoms with Crippen molar-refractivity contribution in [2.75, 3.05) is 6.54 Å². The van der Waals surface area contributed by atoms with Crippen LogP contribution in [-0.4, -0.2) is 26.6 Å². The molecule has 28 heavy (non-hydrogen) atoms. The maximum Gasteiger partial charge on any atom is 0.269 e. The van der Waals surface area contributed by atoms with Gasteiger partial charge in [0.2, 0.25) is 0 Å². The van der Waals surface area contributed by atoms with Crippen LogP contribution in [0.4, 0.5) is 5.69 Å². The van der Waals surface area contributed by atoms with Gasteiger partial charge in [0.15, 0.2) is 0 Å². The normalized spacial score (nSPS) is 15.1. The number of hydrogen-bond donors (Lipinski definition) is 0. The number of amides is 1. The van der Waals surface area contributed by atoms with E-state index in [0.29, 0.717) is 21.5 Å². The summed E-state index contributed by atoms with van der Waals surface area (Å²) in [6.45, 7) is 4.27. The van der Waals surface area contributed by atoms with Crippen LogP contribution < -0.4 is 4.74 Å². The first kappa shape index (κ1) is 19.8. The molecule has 0 N–H and O–H groups in total. The maximum absolute atomic E-state index is 12.5. The van der Waals surface area contributed by atoms with Crippen molar-refractivity contribution in [1.29, 1.82) is 0 Å². The Hall–Kier alpha value is -2.97. The number of carbonyl (C=O) groups is 1. The number of non-ortho nitro benzene ring substituents is 1. The minimum Gasteiger partial charge on any atom is -0.488 e. The van der Waals surface area contributed by atoms with Crippen molar-refractivity contribution < 1.29 is 14.5 Å². The van der Waals surface area contributed by atoms with Gasteiger partial charge in [-0.15, -0.1) is 6.58 Å². The molecule has 2 aromatic carbocycles. The SMILES string of the molecule is C=CCN1C(=O)/C(=C/c2ccccc2OCc2ccc([N+](=O)[O-])cc2)SC1=S. The molecule has 0 aliphatic carbocycles. The summed E-state index contributed by atoms with van der Waals surface area (Å²) in [5.41, 5.74) is 1.59. The second-order valence-corrected chi connectivity index (χ2v) is 7.51. The van der Waals surface area contributed by atoms with Crippen molar-refractivity contribution in [2.45, 2.75) is 6.61 Å². The van der Waals surface area contributed by atoms with E-state index in [-0.39, 0.29) is 18.2 Å². The molecule has 0 bridgehead atoms. The molecule has 0 aromatic heterocycles. The molecule has 0 radical (unpaired) electrons. The minimum atomic E-state index is -0.442. The van der Waals surface area contributed by atoms with E-state index in [0.717, 1.165) is 11.1 Å². The van der Waals surface area contributed by atoms with Gasteiger partial charge in [0.1, 0.15) is 16.7 Å². The summed E-state index contributed by atoms with van der Waals surface area (Å²) in [5, 5.41) is 10.7. The van der Waals surface area contributed by atoms with Crippen molar-refractivity contribution in [3.8, 4) is 5.75 Å². The van der Waals surface area contributed by atoms with E-state index in [4.69, 9.17) is 17.0 Å². The van der Waals surface area contributed by atoms with E-state index in [1.807, 2.05) is 24.3 Å². The lowest BCUT2D eigenvalue weighted by molar-refractivity contribution is -0.384. The van der Waals surface area contributed by atoms with E-state index in [1.54, 1.807) is 24.3 Å². The Labute approximate surface area is 171 Å². The molecule has 1 fully saturated rings.